The third-order valence-electron chi connectivity index (χ3n) is 3.31. The van der Waals surface area contributed by atoms with Crippen LogP contribution in [0.4, 0.5) is 4.39 Å². The topological polar surface area (TPSA) is 72.6 Å². The molecule has 0 atom stereocenters. The molecule has 1 aromatic rings. The fourth-order valence-corrected chi connectivity index (χ4v) is 3.77. The summed E-state index contributed by atoms with van der Waals surface area (Å²) in [6, 6.07) is 3.77. The summed E-state index contributed by atoms with van der Waals surface area (Å²) in [5, 5.41) is 0. The van der Waals surface area contributed by atoms with Crippen LogP contribution in [0.5, 0.6) is 0 Å². The second-order valence-corrected chi connectivity index (χ2v) is 6.69. The lowest BCUT2D eigenvalue weighted by Crippen LogP contribution is -2.35. The fraction of sp³-hybridized carbons (Fsp3) is 0.538. The smallest absolute Gasteiger partial charge is 0.243 e. The summed E-state index contributed by atoms with van der Waals surface area (Å²) >= 11 is 0. The lowest BCUT2D eigenvalue weighted by Gasteiger charge is -2.21. The van der Waals surface area contributed by atoms with Crippen LogP contribution < -0.4 is 5.73 Å². The van der Waals surface area contributed by atoms with Crippen molar-refractivity contribution in [2.24, 2.45) is 5.73 Å². The zero-order valence-electron chi connectivity index (χ0n) is 11.4. The summed E-state index contributed by atoms with van der Waals surface area (Å²) in [5.74, 6) is -0.485. The van der Waals surface area contributed by atoms with Gasteiger partial charge in [0.2, 0.25) is 10.0 Å². The first-order valence-corrected chi connectivity index (χ1v) is 7.94. The van der Waals surface area contributed by atoms with Gasteiger partial charge in [-0.05, 0) is 31.0 Å². The maximum absolute atomic E-state index is 13.4. The van der Waals surface area contributed by atoms with Gasteiger partial charge in [-0.1, -0.05) is 0 Å². The number of methoxy groups -OCH3 is 1. The summed E-state index contributed by atoms with van der Waals surface area (Å²) in [6.45, 7) is 0.607. The molecule has 20 heavy (non-hydrogen) atoms. The molecule has 112 valence electrons. The first-order chi connectivity index (χ1) is 9.50. The van der Waals surface area contributed by atoms with Crippen LogP contribution in [-0.2, 0) is 21.3 Å². The molecule has 1 fully saturated rings. The molecule has 1 saturated carbocycles. The van der Waals surface area contributed by atoms with Gasteiger partial charge >= 0.3 is 0 Å². The number of rotatable bonds is 7. The van der Waals surface area contributed by atoms with E-state index in [9.17, 15) is 12.8 Å². The minimum atomic E-state index is -3.63. The van der Waals surface area contributed by atoms with Crippen LogP contribution in [-0.4, -0.2) is 39.0 Å². The number of hydrogen-bond donors (Lipinski definition) is 1. The Hall–Kier alpha value is -1.02. The average molecular weight is 302 g/mol. The molecule has 1 aliphatic carbocycles. The molecule has 1 aromatic carbocycles. The van der Waals surface area contributed by atoms with Crippen LogP contribution in [0.1, 0.15) is 18.4 Å². The Balaban J connectivity index is 2.32. The van der Waals surface area contributed by atoms with Gasteiger partial charge < -0.3 is 10.5 Å². The zero-order valence-corrected chi connectivity index (χ0v) is 12.2. The second kappa shape index (κ2) is 6.17. The highest BCUT2D eigenvalue weighted by Gasteiger charge is 2.37. The Kier molecular flexibility index (Phi) is 4.74. The minimum Gasteiger partial charge on any atom is -0.383 e. The maximum Gasteiger partial charge on any atom is 0.243 e. The van der Waals surface area contributed by atoms with Gasteiger partial charge in [0.1, 0.15) is 5.82 Å². The molecular formula is C13H19FN2O3S. The standard InChI is InChI=1S/C13H19FN2O3S/c1-19-7-6-16(11-2-3-11)20(17,18)12-4-5-13(14)10(8-12)9-15/h4-5,8,11H,2-3,6-7,9,15H2,1H3. The Morgan fingerprint density at radius 3 is 2.70 bits per heavy atom. The van der Waals surface area contributed by atoms with Crippen LogP contribution in [0.2, 0.25) is 0 Å². The Morgan fingerprint density at radius 2 is 2.15 bits per heavy atom. The van der Waals surface area contributed by atoms with Gasteiger partial charge in [-0.15, -0.1) is 0 Å². The summed E-state index contributed by atoms with van der Waals surface area (Å²) in [4.78, 5) is 0.0855. The Bertz CT molecular complexity index is 573. The minimum absolute atomic E-state index is 0.0292. The van der Waals surface area contributed by atoms with Crippen molar-refractivity contribution in [3.63, 3.8) is 0 Å². The monoisotopic (exact) mass is 302 g/mol. The van der Waals surface area contributed by atoms with Crippen molar-refractivity contribution < 1.29 is 17.5 Å². The molecule has 2 rings (SSSR count). The number of ether oxygens (including phenoxy) is 1. The molecule has 0 spiro atoms. The van der Waals surface area contributed by atoms with Crippen molar-refractivity contribution in [2.45, 2.75) is 30.3 Å². The van der Waals surface area contributed by atoms with Gasteiger partial charge in [-0.3, -0.25) is 0 Å². The number of nitrogens with zero attached hydrogens (tertiary/aromatic N) is 1. The molecule has 0 saturated heterocycles. The van der Waals surface area contributed by atoms with E-state index in [0.29, 0.717) is 13.2 Å². The summed E-state index contributed by atoms with van der Waals surface area (Å²) in [6.07, 6.45) is 1.71. The summed E-state index contributed by atoms with van der Waals surface area (Å²) < 4.78 is 45.0. The molecule has 0 aliphatic heterocycles. The Morgan fingerprint density at radius 1 is 1.45 bits per heavy atom. The number of nitrogens with two attached hydrogens (primary N) is 1. The van der Waals surface area contributed by atoms with Crippen LogP contribution >= 0.6 is 0 Å². The van der Waals surface area contributed by atoms with Crippen LogP contribution in [0.3, 0.4) is 0 Å². The van der Waals surface area contributed by atoms with Gasteiger partial charge in [0.05, 0.1) is 11.5 Å². The lowest BCUT2D eigenvalue weighted by molar-refractivity contribution is 0.177. The van der Waals surface area contributed by atoms with Crippen molar-refractivity contribution in [2.75, 3.05) is 20.3 Å². The number of sulfonamides is 1. The van der Waals surface area contributed by atoms with Gasteiger partial charge in [-0.25, -0.2) is 12.8 Å². The molecule has 0 unspecified atom stereocenters. The average Bonchev–Trinajstić information content (AvgIpc) is 3.24. The third-order valence-corrected chi connectivity index (χ3v) is 5.26. The van der Waals surface area contributed by atoms with E-state index >= 15 is 0 Å². The van der Waals surface area contributed by atoms with Crippen LogP contribution in [0, 0.1) is 5.82 Å². The van der Waals surface area contributed by atoms with E-state index < -0.39 is 15.8 Å². The SMILES string of the molecule is COCCN(C1CC1)S(=O)(=O)c1ccc(F)c(CN)c1. The molecule has 0 heterocycles. The van der Waals surface area contributed by atoms with Crippen molar-refractivity contribution in [3.05, 3.63) is 29.6 Å². The van der Waals surface area contributed by atoms with E-state index in [-0.39, 0.29) is 23.0 Å². The molecular weight excluding hydrogens is 283 g/mol. The van der Waals surface area contributed by atoms with Gasteiger partial charge in [0, 0.05) is 31.8 Å². The Labute approximate surface area is 118 Å². The molecule has 0 amide bonds. The first-order valence-electron chi connectivity index (χ1n) is 6.50. The molecule has 2 N–H and O–H groups in total. The van der Waals surface area contributed by atoms with E-state index in [1.54, 1.807) is 0 Å². The predicted octanol–water partition coefficient (Wildman–Crippen LogP) is 1.08. The molecule has 5 nitrogen and oxygen atoms in total. The van der Waals surface area contributed by atoms with E-state index in [1.807, 2.05) is 0 Å². The van der Waals surface area contributed by atoms with E-state index in [4.69, 9.17) is 10.5 Å². The number of halogens is 1. The molecule has 0 aromatic heterocycles. The van der Waals surface area contributed by atoms with Crippen LogP contribution in [0.15, 0.2) is 23.1 Å². The van der Waals surface area contributed by atoms with Crippen molar-refractivity contribution in [3.8, 4) is 0 Å². The van der Waals surface area contributed by atoms with Crippen molar-refractivity contribution >= 4 is 10.0 Å². The van der Waals surface area contributed by atoms with Gasteiger partial charge in [-0.2, -0.15) is 4.31 Å². The van der Waals surface area contributed by atoms with Crippen molar-refractivity contribution in [1.29, 1.82) is 0 Å². The summed E-state index contributed by atoms with van der Waals surface area (Å²) in [7, 11) is -2.10. The number of hydrogen-bond acceptors (Lipinski definition) is 4. The van der Waals surface area contributed by atoms with E-state index in [2.05, 4.69) is 0 Å². The predicted molar refractivity (Wildman–Crippen MR) is 73.1 cm³/mol. The molecule has 1 aliphatic rings. The highest BCUT2D eigenvalue weighted by Crippen LogP contribution is 2.32. The maximum atomic E-state index is 13.4. The lowest BCUT2D eigenvalue weighted by atomic mass is 10.2. The number of benzene rings is 1. The van der Waals surface area contributed by atoms with E-state index in [0.717, 1.165) is 18.9 Å². The molecule has 7 heteroatoms. The highest BCUT2D eigenvalue weighted by molar-refractivity contribution is 7.89. The largest absolute Gasteiger partial charge is 0.383 e. The van der Waals surface area contributed by atoms with Crippen LogP contribution in [0.25, 0.3) is 0 Å². The molecule has 0 bridgehead atoms. The van der Waals surface area contributed by atoms with Gasteiger partial charge in [0.25, 0.3) is 0 Å². The third kappa shape index (κ3) is 3.17. The summed E-state index contributed by atoms with van der Waals surface area (Å²) in [5.41, 5.74) is 5.63. The zero-order chi connectivity index (χ0) is 14.8. The normalized spacial score (nSPS) is 15.8. The highest BCUT2D eigenvalue weighted by atomic mass is 32.2. The first kappa shape index (κ1) is 15.4. The van der Waals surface area contributed by atoms with Gasteiger partial charge in [0.15, 0.2) is 0 Å². The quantitative estimate of drug-likeness (QED) is 0.818. The second-order valence-electron chi connectivity index (χ2n) is 4.80. The van der Waals surface area contributed by atoms with Crippen molar-refractivity contribution in [1.82, 2.24) is 4.31 Å². The molecule has 0 radical (unpaired) electrons. The fourth-order valence-electron chi connectivity index (χ4n) is 2.05. The van der Waals surface area contributed by atoms with E-state index in [1.165, 1.54) is 23.5 Å².